The van der Waals surface area contributed by atoms with E-state index in [0.29, 0.717) is 10.9 Å². The first-order chi connectivity index (χ1) is 8.86. The summed E-state index contributed by atoms with van der Waals surface area (Å²) < 4.78 is 28.0. The number of benzene rings is 1. The highest BCUT2D eigenvalue weighted by atomic mass is 32.2. The fourth-order valence-corrected chi connectivity index (χ4v) is 2.84. The number of Topliss-reactive ketones (excluding diaryl/α,β-unsaturated/α-hetero) is 1. The first-order valence-electron chi connectivity index (χ1n) is 5.45. The second kappa shape index (κ2) is 5.22. The molecule has 19 heavy (non-hydrogen) atoms. The molecule has 0 saturated heterocycles. The summed E-state index contributed by atoms with van der Waals surface area (Å²) in [5.74, 6) is 0.189. The standard InChI is InChI=1S/C13H12O4S2/c1-9(14)12-7-8-13(17-12)18-10-3-5-11(6-4-10)19(2,15)16/h3-8H,1-2H3. The minimum absolute atomic E-state index is 0.126. The smallest absolute Gasteiger partial charge is 0.194 e. The number of sulfone groups is 1. The van der Waals surface area contributed by atoms with Gasteiger partial charge in [-0.2, -0.15) is 0 Å². The molecule has 0 amide bonds. The molecule has 1 aromatic carbocycles. The Balaban J connectivity index is 2.17. The van der Waals surface area contributed by atoms with Gasteiger partial charge in [0.25, 0.3) is 0 Å². The van der Waals surface area contributed by atoms with E-state index in [-0.39, 0.29) is 10.7 Å². The average Bonchev–Trinajstić information content (AvgIpc) is 2.77. The Morgan fingerprint density at radius 2 is 1.74 bits per heavy atom. The Morgan fingerprint density at radius 1 is 1.11 bits per heavy atom. The van der Waals surface area contributed by atoms with Crippen LogP contribution in [-0.2, 0) is 9.84 Å². The molecule has 100 valence electrons. The van der Waals surface area contributed by atoms with Crippen LogP contribution in [0.1, 0.15) is 17.5 Å². The van der Waals surface area contributed by atoms with Gasteiger partial charge in [0.15, 0.2) is 26.5 Å². The van der Waals surface area contributed by atoms with Crippen molar-refractivity contribution in [2.75, 3.05) is 6.26 Å². The van der Waals surface area contributed by atoms with Crippen LogP contribution >= 0.6 is 11.8 Å². The van der Waals surface area contributed by atoms with Crippen molar-refractivity contribution >= 4 is 27.4 Å². The summed E-state index contributed by atoms with van der Waals surface area (Å²) in [5, 5.41) is 0.595. The van der Waals surface area contributed by atoms with Gasteiger partial charge in [-0.05, 0) is 36.4 Å². The van der Waals surface area contributed by atoms with Gasteiger partial charge >= 0.3 is 0 Å². The van der Waals surface area contributed by atoms with Crippen molar-refractivity contribution in [1.29, 1.82) is 0 Å². The fraction of sp³-hybridized carbons (Fsp3) is 0.154. The summed E-state index contributed by atoms with van der Waals surface area (Å²) in [5.41, 5.74) is 0. The maximum atomic E-state index is 11.3. The molecule has 0 N–H and O–H groups in total. The van der Waals surface area contributed by atoms with E-state index in [4.69, 9.17) is 4.42 Å². The van der Waals surface area contributed by atoms with E-state index < -0.39 is 9.84 Å². The Hall–Kier alpha value is -1.53. The molecule has 0 bridgehead atoms. The lowest BCUT2D eigenvalue weighted by molar-refractivity contribution is 0.0982. The number of carbonyl (C=O) groups excluding carboxylic acids is 1. The van der Waals surface area contributed by atoms with E-state index in [2.05, 4.69) is 0 Å². The van der Waals surface area contributed by atoms with Crippen molar-refractivity contribution in [3.05, 3.63) is 42.2 Å². The fourth-order valence-electron chi connectivity index (χ4n) is 1.44. The number of hydrogen-bond acceptors (Lipinski definition) is 5. The van der Waals surface area contributed by atoms with Crippen LogP contribution in [0.2, 0.25) is 0 Å². The van der Waals surface area contributed by atoms with E-state index in [1.54, 1.807) is 36.4 Å². The molecule has 2 aromatic rings. The molecule has 0 aliphatic heterocycles. The Labute approximate surface area is 115 Å². The zero-order chi connectivity index (χ0) is 14.0. The normalized spacial score (nSPS) is 11.5. The Morgan fingerprint density at radius 3 is 2.21 bits per heavy atom. The van der Waals surface area contributed by atoms with Crippen LogP contribution in [0.4, 0.5) is 0 Å². The van der Waals surface area contributed by atoms with Crippen molar-refractivity contribution in [2.24, 2.45) is 0 Å². The molecular weight excluding hydrogens is 284 g/mol. The summed E-state index contributed by atoms with van der Waals surface area (Å²) in [6, 6.07) is 9.84. The van der Waals surface area contributed by atoms with E-state index in [9.17, 15) is 13.2 Å². The molecule has 6 heteroatoms. The van der Waals surface area contributed by atoms with Crippen molar-refractivity contribution in [2.45, 2.75) is 21.8 Å². The largest absolute Gasteiger partial charge is 0.446 e. The molecule has 2 rings (SSSR count). The Bertz CT molecular complexity index is 696. The van der Waals surface area contributed by atoms with Gasteiger partial charge < -0.3 is 4.42 Å². The first-order valence-corrected chi connectivity index (χ1v) is 8.16. The lowest BCUT2D eigenvalue weighted by atomic mass is 10.3. The van der Waals surface area contributed by atoms with Gasteiger partial charge in [0.2, 0.25) is 0 Å². The van der Waals surface area contributed by atoms with Gasteiger partial charge in [-0.3, -0.25) is 4.79 Å². The topological polar surface area (TPSA) is 64.3 Å². The number of ketones is 1. The molecule has 0 fully saturated rings. The predicted octanol–water partition coefficient (Wildman–Crippen LogP) is 3.04. The lowest BCUT2D eigenvalue weighted by Gasteiger charge is -2.00. The predicted molar refractivity (Wildman–Crippen MR) is 72.4 cm³/mol. The van der Waals surface area contributed by atoms with Crippen LogP contribution in [0, 0.1) is 0 Å². The van der Waals surface area contributed by atoms with Crippen molar-refractivity contribution in [3.8, 4) is 0 Å². The molecule has 0 unspecified atom stereocenters. The molecule has 4 nitrogen and oxygen atoms in total. The summed E-state index contributed by atoms with van der Waals surface area (Å²) in [7, 11) is -3.18. The van der Waals surface area contributed by atoms with Gasteiger partial charge in [-0.1, -0.05) is 11.8 Å². The molecule has 1 heterocycles. The minimum Gasteiger partial charge on any atom is -0.446 e. The maximum absolute atomic E-state index is 11.3. The van der Waals surface area contributed by atoms with Crippen LogP contribution < -0.4 is 0 Å². The van der Waals surface area contributed by atoms with Gasteiger partial charge in [-0.15, -0.1) is 0 Å². The second-order valence-electron chi connectivity index (χ2n) is 4.02. The van der Waals surface area contributed by atoms with Crippen LogP contribution in [0.25, 0.3) is 0 Å². The second-order valence-corrected chi connectivity index (χ2v) is 7.11. The van der Waals surface area contributed by atoms with E-state index >= 15 is 0 Å². The van der Waals surface area contributed by atoms with Crippen LogP contribution in [0.3, 0.4) is 0 Å². The molecule has 0 atom stereocenters. The molecule has 0 aliphatic rings. The molecule has 0 saturated carbocycles. The van der Waals surface area contributed by atoms with Crippen LogP contribution in [0.5, 0.6) is 0 Å². The number of furan rings is 1. The molecule has 0 radical (unpaired) electrons. The minimum atomic E-state index is -3.18. The summed E-state index contributed by atoms with van der Waals surface area (Å²) in [6.45, 7) is 1.44. The third-order valence-corrected chi connectivity index (χ3v) is 4.46. The zero-order valence-corrected chi connectivity index (χ0v) is 12.0. The van der Waals surface area contributed by atoms with Crippen LogP contribution in [-0.4, -0.2) is 20.5 Å². The van der Waals surface area contributed by atoms with Crippen molar-refractivity contribution in [1.82, 2.24) is 0 Å². The molecule has 1 aromatic heterocycles. The molecular formula is C13H12O4S2. The SMILES string of the molecule is CC(=O)c1ccc(Sc2ccc(S(C)(=O)=O)cc2)o1. The third-order valence-electron chi connectivity index (χ3n) is 2.40. The highest BCUT2D eigenvalue weighted by molar-refractivity contribution is 7.99. The Kier molecular flexibility index (Phi) is 3.82. The lowest BCUT2D eigenvalue weighted by Crippen LogP contribution is -1.95. The van der Waals surface area contributed by atoms with Gasteiger partial charge in [0, 0.05) is 18.1 Å². The van der Waals surface area contributed by atoms with E-state index in [0.717, 1.165) is 4.90 Å². The number of rotatable bonds is 4. The zero-order valence-electron chi connectivity index (χ0n) is 10.4. The molecule has 0 spiro atoms. The summed E-state index contributed by atoms with van der Waals surface area (Å²) >= 11 is 1.33. The quantitative estimate of drug-likeness (QED) is 0.811. The summed E-state index contributed by atoms with van der Waals surface area (Å²) in [6.07, 6.45) is 1.17. The van der Waals surface area contributed by atoms with Gasteiger partial charge in [0.05, 0.1) is 4.90 Å². The van der Waals surface area contributed by atoms with Crippen molar-refractivity contribution in [3.63, 3.8) is 0 Å². The maximum Gasteiger partial charge on any atom is 0.194 e. The monoisotopic (exact) mass is 296 g/mol. The summed E-state index contributed by atoms with van der Waals surface area (Å²) in [4.78, 5) is 12.2. The van der Waals surface area contributed by atoms with Crippen LogP contribution in [0.15, 0.2) is 55.7 Å². The number of carbonyl (C=O) groups is 1. The highest BCUT2D eigenvalue weighted by Gasteiger charge is 2.09. The first kappa shape index (κ1) is 13.9. The van der Waals surface area contributed by atoms with Gasteiger partial charge in [-0.25, -0.2) is 8.42 Å². The van der Waals surface area contributed by atoms with Gasteiger partial charge in [0.1, 0.15) is 0 Å². The number of hydrogen-bond donors (Lipinski definition) is 0. The van der Waals surface area contributed by atoms with Crippen molar-refractivity contribution < 1.29 is 17.6 Å². The third kappa shape index (κ3) is 3.48. The van der Waals surface area contributed by atoms with E-state index in [1.807, 2.05) is 0 Å². The average molecular weight is 296 g/mol. The highest BCUT2D eigenvalue weighted by Crippen LogP contribution is 2.30. The van der Waals surface area contributed by atoms with E-state index in [1.165, 1.54) is 24.9 Å². The molecule has 0 aliphatic carbocycles.